The minimum absolute atomic E-state index is 0. The van der Waals surface area contributed by atoms with Gasteiger partial charge in [-0.05, 0) is 0 Å². The van der Waals surface area contributed by atoms with Crippen molar-refractivity contribution in [1.29, 1.82) is 0 Å². The Labute approximate surface area is 111 Å². The zero-order chi connectivity index (χ0) is 11.0. The van der Waals surface area contributed by atoms with Crippen molar-refractivity contribution in [3.05, 3.63) is 0 Å². The normalized spacial score (nSPS) is 9.38. The molecule has 9 nitrogen and oxygen atoms in total. The van der Waals surface area contributed by atoms with Crippen LogP contribution in [0.3, 0.4) is 0 Å². The fourth-order valence-electron chi connectivity index (χ4n) is 0. The quantitative estimate of drug-likeness (QED) is 0.339. The average molecular weight is 468 g/mol. The van der Waals surface area contributed by atoms with Gasteiger partial charge in [0.05, 0.1) is 7.05 Å². The Balaban J connectivity index is -0.0000000491. The van der Waals surface area contributed by atoms with Gasteiger partial charge < -0.3 is 5.73 Å². The van der Waals surface area contributed by atoms with Crippen molar-refractivity contribution in [3.63, 3.8) is 0 Å². The van der Waals surface area contributed by atoms with Crippen LogP contribution in [0.2, 0.25) is 0 Å². The monoisotopic (exact) mass is 472 g/mol. The van der Waals surface area contributed by atoms with Crippen molar-refractivity contribution < 1.29 is 78.2 Å². The van der Waals surface area contributed by atoms with Crippen LogP contribution in [-0.2, 0) is 15.3 Å². The third-order valence-corrected chi connectivity index (χ3v) is 0. The molecule has 3 N–H and O–H groups in total. The van der Waals surface area contributed by atoms with E-state index in [0.717, 1.165) is 0 Å². The van der Waals surface area contributed by atoms with E-state index >= 15 is 0 Å². The van der Waals surface area contributed by atoms with Gasteiger partial charge in [-0.2, -0.15) is 0 Å². The molecule has 0 aromatic heterocycles. The number of quaternary nitrogens is 1. The Morgan fingerprint density at radius 1 is 0.769 bits per heavy atom. The maximum absolute atomic E-state index is 8.59. The second-order valence-electron chi connectivity index (χ2n) is 0.816. The van der Waals surface area contributed by atoms with Gasteiger partial charge in [0.25, 0.3) is 0 Å². The second-order valence-corrected chi connectivity index (χ2v) is 4.24. The third kappa shape index (κ3) is 914. The largest absolute Gasteiger partial charge is 3.00 e. The summed E-state index contributed by atoms with van der Waals surface area (Å²) in [7, 11) is 1.75. The standard InChI is InChI=1S/CH5N.2H2O4Se.Sm/c1-2;2*1-5(2,3)4;/h2H2,1H3;2*(H2,1,2,3,4);/q;;;+3/p-3. The van der Waals surface area contributed by atoms with Gasteiger partial charge >= 0.3 is 99.2 Å². The molecule has 0 rings (SSSR count). The Morgan fingerprint density at radius 3 is 0.769 bits per heavy atom. The fraction of sp³-hybridized carbons (Fsp3) is 1.00. The van der Waals surface area contributed by atoms with E-state index in [1.165, 1.54) is 0 Å². The van der Waals surface area contributed by atoms with Gasteiger partial charge in [0.15, 0.2) is 0 Å². The van der Waals surface area contributed by atoms with Crippen LogP contribution in [0, 0.1) is 40.4 Å². The van der Waals surface area contributed by atoms with Crippen LogP contribution >= 0.6 is 0 Å². The molecule has 0 saturated heterocycles. The molecule has 0 aliphatic heterocycles. The first kappa shape index (κ1) is 23.9. The molecule has 0 spiro atoms. The Morgan fingerprint density at radius 2 is 0.769 bits per heavy atom. The molecule has 0 unspecified atom stereocenters. The molecule has 0 saturated carbocycles. The van der Waals surface area contributed by atoms with Gasteiger partial charge in [-0.15, -0.1) is 0 Å². The van der Waals surface area contributed by atoms with Crippen LogP contribution in [0.15, 0.2) is 0 Å². The summed E-state index contributed by atoms with van der Waals surface area (Å²) >= 11 is -11.5. The van der Waals surface area contributed by atoms with Crippen molar-refractivity contribution in [2.75, 3.05) is 7.05 Å². The van der Waals surface area contributed by atoms with Crippen molar-refractivity contribution in [2.45, 2.75) is 0 Å². The van der Waals surface area contributed by atoms with Crippen LogP contribution < -0.4 is 22.5 Å². The molecule has 12 heteroatoms. The van der Waals surface area contributed by atoms with Gasteiger partial charge in [-0.3, -0.25) is 0 Å². The smallest absolute Gasteiger partial charge is 3.00 e. The maximum Gasteiger partial charge on any atom is 3.00 e. The predicted molar refractivity (Wildman–Crippen MR) is 23.1 cm³/mol. The topological polar surface area (TPSA) is 188 Å². The van der Waals surface area contributed by atoms with Crippen LogP contribution in [-0.4, -0.2) is 33.8 Å². The van der Waals surface area contributed by atoms with Gasteiger partial charge in [0.1, 0.15) is 0 Å². The maximum atomic E-state index is 8.59. The molecule has 13 heavy (non-hydrogen) atoms. The predicted octanol–water partition coefficient (Wildman–Crippen LogP) is -7.13. The molecular weight excluding hydrogens is 462 g/mol. The molecule has 0 fully saturated rings. The summed E-state index contributed by atoms with van der Waals surface area (Å²) in [6.07, 6.45) is 0. The van der Waals surface area contributed by atoms with E-state index in [1.54, 1.807) is 7.05 Å². The number of rotatable bonds is 0. The third-order valence-electron chi connectivity index (χ3n) is 0. The Bertz CT molecular complexity index is 219. The SMILES string of the molecule is C[NH3+].O=[Se](=O)([O-])[O-].O=[Se](=O)([O-])[O-].[Sm+3]. The summed E-state index contributed by atoms with van der Waals surface area (Å²) in [5.74, 6) is 0. The van der Waals surface area contributed by atoms with E-state index in [2.05, 4.69) is 5.73 Å². The van der Waals surface area contributed by atoms with Crippen LogP contribution in [0.1, 0.15) is 0 Å². The number of hydrogen-bond donors (Lipinski definition) is 1. The molecule has 0 aromatic rings. The van der Waals surface area contributed by atoms with Crippen LogP contribution in [0.5, 0.6) is 0 Å². The van der Waals surface area contributed by atoms with Gasteiger partial charge in [-0.25, -0.2) is 0 Å². The molecule has 1 radical (unpaired) electrons. The minimum atomic E-state index is -5.75. The van der Waals surface area contributed by atoms with Crippen LogP contribution in [0.25, 0.3) is 0 Å². The van der Waals surface area contributed by atoms with E-state index < -0.39 is 26.7 Å². The molecule has 0 amide bonds. The zero-order valence-corrected chi connectivity index (χ0v) is 12.2. The summed E-state index contributed by atoms with van der Waals surface area (Å²) in [6, 6.07) is 0. The van der Waals surface area contributed by atoms with E-state index in [-0.39, 0.29) is 40.4 Å². The van der Waals surface area contributed by atoms with Gasteiger partial charge in [-0.1, -0.05) is 0 Å². The second kappa shape index (κ2) is 11.5. The molecule has 0 aliphatic rings. The molecule has 0 atom stereocenters. The molecule has 81 valence electrons. The van der Waals surface area contributed by atoms with E-state index in [4.69, 9.17) is 32.1 Å². The molecular formula is CH6NO8Se2Sm. The van der Waals surface area contributed by atoms with Crippen molar-refractivity contribution in [1.82, 2.24) is 0 Å². The molecule has 0 aliphatic carbocycles. The molecule has 0 aromatic carbocycles. The number of hydrogen-bond acceptors (Lipinski definition) is 8. The summed E-state index contributed by atoms with van der Waals surface area (Å²) < 4.78 is 68.8. The van der Waals surface area contributed by atoms with E-state index in [9.17, 15) is 0 Å². The Hall–Kier alpha value is 1.38. The summed E-state index contributed by atoms with van der Waals surface area (Å²) in [5, 5.41) is 0. The zero-order valence-electron chi connectivity index (χ0n) is 6.20. The van der Waals surface area contributed by atoms with Gasteiger partial charge in [0.2, 0.25) is 0 Å². The first-order valence-corrected chi connectivity index (χ1v) is 7.64. The average Bonchev–Trinajstić information content (AvgIpc) is 1.59. The van der Waals surface area contributed by atoms with Gasteiger partial charge in [0, 0.05) is 0 Å². The van der Waals surface area contributed by atoms with Crippen molar-refractivity contribution in [2.24, 2.45) is 0 Å². The first-order chi connectivity index (χ1) is 5.00. The molecule has 0 bridgehead atoms. The van der Waals surface area contributed by atoms with E-state index in [1.807, 2.05) is 0 Å². The molecule has 0 heterocycles. The van der Waals surface area contributed by atoms with E-state index in [0.29, 0.717) is 0 Å². The summed E-state index contributed by atoms with van der Waals surface area (Å²) in [6.45, 7) is 0. The fourth-order valence-corrected chi connectivity index (χ4v) is 0. The Kier molecular flexibility index (Phi) is 21.0. The summed E-state index contributed by atoms with van der Waals surface area (Å²) in [4.78, 5) is 0. The summed E-state index contributed by atoms with van der Waals surface area (Å²) in [5.41, 5.74) is 3.25. The van der Waals surface area contributed by atoms with Crippen molar-refractivity contribution in [3.8, 4) is 0 Å². The first-order valence-electron chi connectivity index (χ1n) is 2.04. The van der Waals surface area contributed by atoms with Crippen LogP contribution in [0.4, 0.5) is 0 Å². The minimum Gasteiger partial charge on any atom is 3.00 e. The van der Waals surface area contributed by atoms with Crippen molar-refractivity contribution >= 4 is 26.7 Å².